The molecule has 5 N–H and O–H groups in total. The lowest BCUT2D eigenvalue weighted by Crippen LogP contribution is -2.22. The summed E-state index contributed by atoms with van der Waals surface area (Å²) in [5.74, 6) is 0.541. The molecule has 2 aliphatic carbocycles. The molecule has 10 heteroatoms. The number of amides is 2. The third kappa shape index (κ3) is 9.49. The molecule has 0 bridgehead atoms. The number of aldehydes is 1. The minimum atomic E-state index is -0.514. The fraction of sp³-hybridized carbons (Fsp3) is 0.233. The number of nitrogens with two attached hydrogens (primary N) is 1. The normalized spacial score (nSPS) is 12.9. The van der Waals surface area contributed by atoms with Gasteiger partial charge in [0.05, 0.1) is 24.7 Å². The van der Waals surface area contributed by atoms with E-state index in [0.717, 1.165) is 34.6 Å². The van der Waals surface area contributed by atoms with Crippen LogP contribution < -0.4 is 35.8 Å². The molecule has 0 unspecified atom stereocenters. The number of nitrogens with one attached hydrogen (secondary N) is 2. The van der Waals surface area contributed by atoms with Crippen LogP contribution in [-0.4, -0.2) is 44.6 Å². The van der Waals surface area contributed by atoms with Crippen molar-refractivity contribution >= 4 is 41.6 Å². The van der Waals surface area contributed by atoms with Crippen LogP contribution in [0, 0.1) is 0 Å². The Hall–Kier alpha value is -4.25. The Kier molecular flexibility index (Phi) is 13.9. The molecule has 0 radical (unpaired) electrons. The highest BCUT2D eigenvalue weighted by molar-refractivity contribution is 7.12. The molecule has 0 saturated carbocycles. The van der Waals surface area contributed by atoms with Gasteiger partial charge >= 0.3 is 0 Å². The van der Waals surface area contributed by atoms with Crippen molar-refractivity contribution in [3.8, 4) is 11.5 Å². The third-order valence-corrected chi connectivity index (χ3v) is 6.81. The van der Waals surface area contributed by atoms with Gasteiger partial charge in [-0.25, -0.2) is 5.48 Å². The van der Waals surface area contributed by atoms with Gasteiger partial charge in [-0.15, -0.1) is 11.3 Å². The van der Waals surface area contributed by atoms with Gasteiger partial charge in [0, 0.05) is 23.1 Å². The van der Waals surface area contributed by atoms with Gasteiger partial charge in [-0.2, -0.15) is 0 Å². The first-order chi connectivity index (χ1) is 19.5. The molecule has 4 rings (SSSR count). The Labute approximate surface area is 237 Å². The van der Waals surface area contributed by atoms with Gasteiger partial charge in [0.2, 0.25) is 5.91 Å². The highest BCUT2D eigenvalue weighted by Gasteiger charge is 2.10. The maximum absolute atomic E-state index is 12.2. The number of carbonyl (C=O) groups is 3. The number of methoxy groups -OCH3 is 2. The topological polar surface area (TPSA) is 140 Å². The van der Waals surface area contributed by atoms with Gasteiger partial charge in [-0.05, 0) is 55.5 Å². The zero-order valence-electron chi connectivity index (χ0n) is 22.8. The van der Waals surface area contributed by atoms with Crippen molar-refractivity contribution in [2.45, 2.75) is 25.7 Å². The van der Waals surface area contributed by atoms with Crippen molar-refractivity contribution < 1.29 is 29.1 Å². The summed E-state index contributed by atoms with van der Waals surface area (Å²) in [4.78, 5) is 34.7. The summed E-state index contributed by atoms with van der Waals surface area (Å²) in [5.41, 5.74) is 8.72. The van der Waals surface area contributed by atoms with Gasteiger partial charge in [0.1, 0.15) is 0 Å². The molecule has 2 aromatic rings. The number of carbonyl (C=O) groups excluding carboxylic acids is 3. The van der Waals surface area contributed by atoms with Crippen LogP contribution in [0.3, 0.4) is 0 Å². The van der Waals surface area contributed by atoms with Crippen molar-refractivity contribution in [3.05, 3.63) is 92.2 Å². The third-order valence-electron chi connectivity index (χ3n) is 5.70. The number of hydrogen-bond acceptors (Lipinski definition) is 8. The van der Waals surface area contributed by atoms with Gasteiger partial charge in [-0.1, -0.05) is 48.1 Å². The number of fused-ring (bicyclic) bond motifs is 1. The van der Waals surface area contributed by atoms with Crippen molar-refractivity contribution in [1.29, 1.82) is 0 Å². The van der Waals surface area contributed by atoms with Crippen LogP contribution in [0.4, 0.5) is 0 Å². The van der Waals surface area contributed by atoms with Gasteiger partial charge in [0.25, 0.3) is 5.91 Å². The minimum absolute atomic E-state index is 0.00163. The van der Waals surface area contributed by atoms with Crippen LogP contribution in [0.1, 0.15) is 45.7 Å². The number of hydroxylamine groups is 1. The molecule has 0 saturated heterocycles. The van der Waals surface area contributed by atoms with Gasteiger partial charge in [-0.3, -0.25) is 19.6 Å². The van der Waals surface area contributed by atoms with E-state index in [1.165, 1.54) is 38.2 Å². The second kappa shape index (κ2) is 17.4. The van der Waals surface area contributed by atoms with Crippen LogP contribution >= 0.6 is 11.3 Å². The SMILES string of the molecule is CN.COc1cccc(C=O)c1OC.O=C(CCC1=CC=CC=CC1)NC1=CC=c2sc(C(=O)NO)cc2=CC1. The molecule has 1 aromatic heterocycles. The van der Waals surface area contributed by atoms with E-state index >= 15 is 0 Å². The molecular weight excluding hydrogens is 530 g/mol. The Morgan fingerprint density at radius 1 is 1.07 bits per heavy atom. The first-order valence-electron chi connectivity index (χ1n) is 12.5. The molecule has 9 nitrogen and oxygen atoms in total. The molecule has 1 heterocycles. The number of benzene rings is 1. The fourth-order valence-electron chi connectivity index (χ4n) is 3.76. The molecule has 0 aliphatic heterocycles. The standard InChI is InChI=1S/C20H20N2O3S.C9H10O3.CH5N/c23-19(12-7-14-5-3-1-2-4-6-14)21-16-9-8-15-13-18(20(24)22-25)26-17(15)11-10-16;1-11-8-5-3-4-7(6-10)9(8)12-2;1-2/h1-5,8,10-11,13,25H,6-7,9,12H2,(H,21,23)(H,22,24);3-6H,1-2H3;2H2,1H3. The van der Waals surface area contributed by atoms with Crippen LogP contribution in [-0.2, 0) is 4.79 Å². The Balaban J connectivity index is 0.000000336. The highest BCUT2D eigenvalue weighted by atomic mass is 32.1. The number of thiophene rings is 1. The number of rotatable bonds is 8. The van der Waals surface area contributed by atoms with Crippen molar-refractivity contribution in [2.24, 2.45) is 5.73 Å². The van der Waals surface area contributed by atoms with Crippen LogP contribution in [0.5, 0.6) is 11.5 Å². The lowest BCUT2D eigenvalue weighted by Gasteiger charge is -2.08. The van der Waals surface area contributed by atoms with E-state index < -0.39 is 5.91 Å². The molecule has 1 aromatic carbocycles. The molecule has 2 aliphatic rings. The second-order valence-electron chi connectivity index (χ2n) is 8.23. The smallest absolute Gasteiger partial charge is 0.284 e. The van der Waals surface area contributed by atoms with Gasteiger partial charge in [0.15, 0.2) is 17.8 Å². The summed E-state index contributed by atoms with van der Waals surface area (Å²) in [6, 6.07) is 6.89. The maximum Gasteiger partial charge on any atom is 0.284 e. The van der Waals surface area contributed by atoms with E-state index in [1.54, 1.807) is 29.7 Å². The van der Waals surface area contributed by atoms with Crippen molar-refractivity contribution in [1.82, 2.24) is 10.8 Å². The van der Waals surface area contributed by atoms with Crippen molar-refractivity contribution in [3.63, 3.8) is 0 Å². The van der Waals surface area contributed by atoms with Crippen LogP contribution in [0.25, 0.3) is 12.2 Å². The van der Waals surface area contributed by atoms with E-state index in [2.05, 4.69) is 23.2 Å². The molecule has 0 atom stereocenters. The Morgan fingerprint density at radius 3 is 2.58 bits per heavy atom. The zero-order valence-corrected chi connectivity index (χ0v) is 23.6. The summed E-state index contributed by atoms with van der Waals surface area (Å²) in [6.45, 7) is 0. The molecular formula is C30H35N3O6S. The first kappa shape index (κ1) is 32.0. The molecule has 40 heavy (non-hydrogen) atoms. The lowest BCUT2D eigenvalue weighted by atomic mass is 10.1. The number of para-hydroxylation sites is 1. The highest BCUT2D eigenvalue weighted by Crippen LogP contribution is 2.29. The maximum atomic E-state index is 12.2. The van der Waals surface area contributed by atoms with Crippen molar-refractivity contribution in [2.75, 3.05) is 21.3 Å². The van der Waals surface area contributed by atoms with E-state index in [1.807, 2.05) is 36.5 Å². The number of hydrogen-bond donors (Lipinski definition) is 4. The fourth-order valence-corrected chi connectivity index (χ4v) is 4.72. The Morgan fingerprint density at radius 2 is 1.88 bits per heavy atom. The zero-order chi connectivity index (χ0) is 29.3. The predicted octanol–water partition coefficient (Wildman–Crippen LogP) is 3.15. The van der Waals surface area contributed by atoms with Crippen LogP contribution in [0.15, 0.2) is 72.0 Å². The van der Waals surface area contributed by atoms with Gasteiger partial charge < -0.3 is 20.5 Å². The van der Waals surface area contributed by atoms with Crippen LogP contribution in [0.2, 0.25) is 0 Å². The average Bonchev–Trinajstić information content (AvgIpc) is 3.12. The van der Waals surface area contributed by atoms with E-state index in [0.29, 0.717) is 34.8 Å². The summed E-state index contributed by atoms with van der Waals surface area (Å²) in [5, 5.41) is 12.6. The number of allylic oxidation sites excluding steroid dienone is 8. The summed E-state index contributed by atoms with van der Waals surface area (Å²) >= 11 is 1.30. The molecule has 0 spiro atoms. The summed E-state index contributed by atoms with van der Waals surface area (Å²) in [6.07, 6.45) is 19.3. The quantitative estimate of drug-likeness (QED) is 0.219. The predicted molar refractivity (Wildman–Crippen MR) is 158 cm³/mol. The Bertz CT molecular complexity index is 1420. The largest absolute Gasteiger partial charge is 0.493 e. The number of ether oxygens (including phenoxy) is 2. The minimum Gasteiger partial charge on any atom is -0.493 e. The lowest BCUT2D eigenvalue weighted by molar-refractivity contribution is -0.120. The summed E-state index contributed by atoms with van der Waals surface area (Å²) < 4.78 is 10.9. The van der Waals surface area contributed by atoms with E-state index in [-0.39, 0.29) is 5.91 Å². The average molecular weight is 566 g/mol. The molecule has 212 valence electrons. The molecule has 2 amide bonds. The van der Waals surface area contributed by atoms with E-state index in [4.69, 9.17) is 14.7 Å². The molecule has 0 fully saturated rings. The monoisotopic (exact) mass is 565 g/mol. The first-order valence-corrected chi connectivity index (χ1v) is 13.3. The second-order valence-corrected chi connectivity index (χ2v) is 9.31. The summed E-state index contributed by atoms with van der Waals surface area (Å²) in [7, 11) is 4.54. The van der Waals surface area contributed by atoms with E-state index in [9.17, 15) is 14.4 Å².